The van der Waals surface area contributed by atoms with Crippen molar-refractivity contribution in [3.63, 3.8) is 0 Å². The van der Waals surface area contributed by atoms with E-state index < -0.39 is 0 Å². The maximum atomic E-state index is 11.6. The summed E-state index contributed by atoms with van der Waals surface area (Å²) in [5.74, 6) is 1.39. The minimum atomic E-state index is 0.0665. The van der Waals surface area contributed by atoms with Crippen molar-refractivity contribution >= 4 is 17.4 Å². The first kappa shape index (κ1) is 8.71. The van der Waals surface area contributed by atoms with Crippen molar-refractivity contribution in [2.75, 3.05) is 10.6 Å². The molecule has 1 saturated carbocycles. The van der Waals surface area contributed by atoms with Crippen molar-refractivity contribution in [1.82, 2.24) is 4.98 Å². The summed E-state index contributed by atoms with van der Waals surface area (Å²) >= 11 is 0. The van der Waals surface area contributed by atoms with Crippen LogP contribution in [0.5, 0.6) is 0 Å². The van der Waals surface area contributed by atoms with Gasteiger partial charge >= 0.3 is 0 Å². The monoisotopic (exact) mass is 203 g/mol. The summed E-state index contributed by atoms with van der Waals surface area (Å²) in [5, 5.41) is 6.23. The Morgan fingerprint density at radius 3 is 3.07 bits per heavy atom. The van der Waals surface area contributed by atoms with E-state index in [4.69, 9.17) is 0 Å². The first-order valence-corrected chi connectivity index (χ1v) is 5.34. The Balaban J connectivity index is 1.93. The van der Waals surface area contributed by atoms with Crippen molar-refractivity contribution in [3.8, 4) is 0 Å². The summed E-state index contributed by atoms with van der Waals surface area (Å²) in [6.45, 7) is 0. The molecular weight excluding hydrogens is 190 g/mol. The maximum absolute atomic E-state index is 11.6. The van der Waals surface area contributed by atoms with Crippen LogP contribution in [0.1, 0.15) is 19.3 Å². The topological polar surface area (TPSA) is 54.0 Å². The van der Waals surface area contributed by atoms with Crippen LogP contribution in [0.2, 0.25) is 0 Å². The molecule has 4 heteroatoms. The number of pyridine rings is 1. The minimum absolute atomic E-state index is 0.0665. The second-order valence-corrected chi connectivity index (χ2v) is 4.24. The Labute approximate surface area is 88.1 Å². The van der Waals surface area contributed by atoms with E-state index in [-0.39, 0.29) is 11.9 Å². The third-order valence-electron chi connectivity index (χ3n) is 3.00. The highest BCUT2D eigenvalue weighted by molar-refractivity contribution is 5.95. The lowest BCUT2D eigenvalue weighted by Gasteiger charge is -2.15. The SMILES string of the molecule is O=C1CC(C2CC2)Nc2cccnc2N1. The quantitative estimate of drug-likeness (QED) is 0.729. The van der Waals surface area contributed by atoms with E-state index in [1.165, 1.54) is 12.8 Å². The molecule has 3 rings (SSSR count). The van der Waals surface area contributed by atoms with Gasteiger partial charge in [0.25, 0.3) is 0 Å². The molecule has 1 fully saturated rings. The van der Waals surface area contributed by atoms with Gasteiger partial charge in [0.05, 0.1) is 5.69 Å². The van der Waals surface area contributed by atoms with Gasteiger partial charge in [0, 0.05) is 18.7 Å². The zero-order valence-electron chi connectivity index (χ0n) is 8.36. The average molecular weight is 203 g/mol. The Kier molecular flexibility index (Phi) is 1.87. The molecule has 2 aliphatic rings. The Bertz CT molecular complexity index is 401. The van der Waals surface area contributed by atoms with Gasteiger partial charge in [0.1, 0.15) is 0 Å². The summed E-state index contributed by atoms with van der Waals surface area (Å²) in [4.78, 5) is 15.7. The van der Waals surface area contributed by atoms with Crippen molar-refractivity contribution in [3.05, 3.63) is 18.3 Å². The summed E-state index contributed by atoms with van der Waals surface area (Å²) in [6.07, 6.45) is 4.72. The number of hydrogen-bond donors (Lipinski definition) is 2. The number of amides is 1. The fourth-order valence-corrected chi connectivity index (χ4v) is 2.04. The van der Waals surface area contributed by atoms with Gasteiger partial charge in [-0.2, -0.15) is 0 Å². The van der Waals surface area contributed by atoms with E-state index in [1.54, 1.807) is 6.20 Å². The van der Waals surface area contributed by atoms with Crippen LogP contribution in [0.3, 0.4) is 0 Å². The lowest BCUT2D eigenvalue weighted by Crippen LogP contribution is -2.24. The molecule has 0 bridgehead atoms. The molecule has 1 aromatic rings. The van der Waals surface area contributed by atoms with Crippen molar-refractivity contribution in [2.45, 2.75) is 25.3 Å². The maximum Gasteiger partial charge on any atom is 0.227 e. The molecule has 4 nitrogen and oxygen atoms in total. The van der Waals surface area contributed by atoms with Crippen LogP contribution >= 0.6 is 0 Å². The Morgan fingerprint density at radius 2 is 2.27 bits per heavy atom. The predicted octanol–water partition coefficient (Wildman–Crippen LogP) is 1.61. The summed E-state index contributed by atoms with van der Waals surface area (Å²) in [6, 6.07) is 4.13. The molecule has 1 atom stereocenters. The van der Waals surface area contributed by atoms with Gasteiger partial charge in [0.15, 0.2) is 5.82 Å². The molecule has 2 heterocycles. The Morgan fingerprint density at radius 1 is 1.40 bits per heavy atom. The standard InChI is InChI=1S/C11H13N3O/c15-10-6-9(7-3-4-7)13-8-2-1-5-12-11(8)14-10/h1-2,5,7,9,13H,3-4,6H2,(H,12,14,15). The van der Waals surface area contributed by atoms with Crippen molar-refractivity contribution in [1.29, 1.82) is 0 Å². The van der Waals surface area contributed by atoms with E-state index in [9.17, 15) is 4.79 Å². The van der Waals surface area contributed by atoms with Gasteiger partial charge in [-0.05, 0) is 30.9 Å². The number of carbonyl (C=O) groups is 1. The predicted molar refractivity (Wildman–Crippen MR) is 57.6 cm³/mol. The lowest BCUT2D eigenvalue weighted by atomic mass is 10.1. The van der Waals surface area contributed by atoms with Gasteiger partial charge in [0.2, 0.25) is 5.91 Å². The van der Waals surface area contributed by atoms with Crippen LogP contribution < -0.4 is 10.6 Å². The number of rotatable bonds is 1. The number of anilines is 2. The van der Waals surface area contributed by atoms with Crippen molar-refractivity contribution in [2.24, 2.45) is 5.92 Å². The third kappa shape index (κ3) is 1.67. The highest BCUT2D eigenvalue weighted by atomic mass is 16.1. The molecule has 0 spiro atoms. The molecule has 15 heavy (non-hydrogen) atoms. The van der Waals surface area contributed by atoms with E-state index in [2.05, 4.69) is 15.6 Å². The summed E-state index contributed by atoms with van der Waals surface area (Å²) < 4.78 is 0. The van der Waals surface area contributed by atoms with E-state index in [0.29, 0.717) is 18.2 Å². The third-order valence-corrected chi connectivity index (χ3v) is 3.00. The summed E-state index contributed by atoms with van der Waals surface area (Å²) in [7, 11) is 0. The van der Waals surface area contributed by atoms with Crippen LogP contribution in [0.15, 0.2) is 18.3 Å². The lowest BCUT2D eigenvalue weighted by molar-refractivity contribution is -0.116. The van der Waals surface area contributed by atoms with Crippen LogP contribution in [-0.4, -0.2) is 16.9 Å². The van der Waals surface area contributed by atoms with Crippen molar-refractivity contribution < 1.29 is 4.79 Å². The molecule has 1 aliphatic carbocycles. The highest BCUT2D eigenvalue weighted by Gasteiger charge is 2.34. The fourth-order valence-electron chi connectivity index (χ4n) is 2.04. The molecule has 1 aliphatic heterocycles. The van der Waals surface area contributed by atoms with E-state index >= 15 is 0 Å². The first-order chi connectivity index (χ1) is 7.33. The summed E-state index contributed by atoms with van der Waals surface area (Å²) in [5.41, 5.74) is 0.945. The zero-order valence-corrected chi connectivity index (χ0v) is 8.36. The van der Waals surface area contributed by atoms with Gasteiger partial charge in [-0.15, -0.1) is 0 Å². The fraction of sp³-hybridized carbons (Fsp3) is 0.455. The van der Waals surface area contributed by atoms with Gasteiger partial charge in [-0.25, -0.2) is 4.98 Å². The van der Waals surface area contributed by atoms with Gasteiger partial charge in [-0.1, -0.05) is 0 Å². The first-order valence-electron chi connectivity index (χ1n) is 5.34. The minimum Gasteiger partial charge on any atom is -0.379 e. The van der Waals surface area contributed by atoms with Crippen LogP contribution in [0, 0.1) is 5.92 Å². The van der Waals surface area contributed by atoms with Gasteiger partial charge < -0.3 is 10.6 Å². The van der Waals surface area contributed by atoms with Crippen LogP contribution in [0.4, 0.5) is 11.5 Å². The number of nitrogens with one attached hydrogen (secondary N) is 2. The molecule has 2 N–H and O–H groups in total. The molecule has 0 saturated heterocycles. The molecule has 0 radical (unpaired) electrons. The van der Waals surface area contributed by atoms with Crippen LogP contribution in [0.25, 0.3) is 0 Å². The molecule has 0 aromatic carbocycles. The number of nitrogens with zero attached hydrogens (tertiary/aromatic N) is 1. The van der Waals surface area contributed by atoms with E-state index in [1.807, 2.05) is 12.1 Å². The second-order valence-electron chi connectivity index (χ2n) is 4.24. The second kappa shape index (κ2) is 3.22. The molecule has 1 amide bonds. The zero-order chi connectivity index (χ0) is 10.3. The molecule has 1 aromatic heterocycles. The largest absolute Gasteiger partial charge is 0.379 e. The number of carbonyl (C=O) groups excluding carboxylic acids is 1. The van der Waals surface area contributed by atoms with Gasteiger partial charge in [-0.3, -0.25) is 4.79 Å². The number of hydrogen-bond acceptors (Lipinski definition) is 3. The molecular formula is C11H13N3O. The number of aromatic nitrogens is 1. The Hall–Kier alpha value is -1.58. The normalized spacial score (nSPS) is 24.8. The smallest absolute Gasteiger partial charge is 0.227 e. The van der Waals surface area contributed by atoms with E-state index in [0.717, 1.165) is 5.69 Å². The number of fused-ring (bicyclic) bond motifs is 1. The highest BCUT2D eigenvalue weighted by Crippen LogP contribution is 2.37. The molecule has 78 valence electrons. The molecule has 1 unspecified atom stereocenters. The van der Waals surface area contributed by atoms with Crippen LogP contribution in [-0.2, 0) is 4.79 Å². The average Bonchev–Trinajstić information content (AvgIpc) is 3.02.